The smallest absolute Gasteiger partial charge is 0.139 e. The lowest BCUT2D eigenvalue weighted by atomic mass is 9.85. The van der Waals surface area contributed by atoms with Crippen LogP contribution in [-0.4, -0.2) is 25.9 Å². The summed E-state index contributed by atoms with van der Waals surface area (Å²) in [7, 11) is 0. The average Bonchev–Trinajstić information content (AvgIpc) is 2.98. The Bertz CT molecular complexity index is 491. The minimum absolute atomic E-state index is 0.236. The van der Waals surface area contributed by atoms with Gasteiger partial charge < -0.3 is 9.47 Å². The SMILES string of the molecule is N#CC1(NCC2CCCO2)CCOc2ccccc21. The van der Waals surface area contributed by atoms with E-state index in [0.717, 1.165) is 37.3 Å². The molecule has 0 saturated carbocycles. The molecule has 1 saturated heterocycles. The second-order valence-corrected chi connectivity index (χ2v) is 5.13. The number of nitriles is 1. The summed E-state index contributed by atoms with van der Waals surface area (Å²) in [5.41, 5.74) is 0.308. The highest BCUT2D eigenvalue weighted by Crippen LogP contribution is 2.36. The molecule has 19 heavy (non-hydrogen) atoms. The monoisotopic (exact) mass is 258 g/mol. The topological polar surface area (TPSA) is 54.3 Å². The number of nitrogens with one attached hydrogen (secondary N) is 1. The molecule has 1 N–H and O–H groups in total. The average molecular weight is 258 g/mol. The first-order chi connectivity index (χ1) is 9.34. The number of para-hydroxylation sites is 1. The van der Waals surface area contributed by atoms with E-state index < -0.39 is 5.54 Å². The number of hydrogen-bond acceptors (Lipinski definition) is 4. The molecule has 4 nitrogen and oxygen atoms in total. The van der Waals surface area contributed by atoms with Gasteiger partial charge in [-0.05, 0) is 18.9 Å². The molecular formula is C15H18N2O2. The van der Waals surface area contributed by atoms with Crippen LogP contribution < -0.4 is 10.1 Å². The summed E-state index contributed by atoms with van der Waals surface area (Å²) in [5.74, 6) is 0.815. The number of hydrogen-bond donors (Lipinski definition) is 1. The Labute approximate surface area is 113 Å². The van der Waals surface area contributed by atoms with Gasteiger partial charge in [0.1, 0.15) is 11.3 Å². The molecule has 0 radical (unpaired) electrons. The first-order valence-corrected chi connectivity index (χ1v) is 6.84. The largest absolute Gasteiger partial charge is 0.493 e. The van der Waals surface area contributed by atoms with E-state index in [-0.39, 0.29) is 6.10 Å². The van der Waals surface area contributed by atoms with Crippen LogP contribution in [0.5, 0.6) is 5.75 Å². The van der Waals surface area contributed by atoms with Crippen molar-refractivity contribution in [3.8, 4) is 11.8 Å². The maximum atomic E-state index is 9.65. The molecular weight excluding hydrogens is 240 g/mol. The van der Waals surface area contributed by atoms with Crippen molar-refractivity contribution in [3.05, 3.63) is 29.8 Å². The van der Waals surface area contributed by atoms with Crippen LogP contribution in [0, 0.1) is 11.3 Å². The van der Waals surface area contributed by atoms with Crippen molar-refractivity contribution in [2.45, 2.75) is 30.9 Å². The molecule has 2 heterocycles. The Hall–Kier alpha value is -1.57. The van der Waals surface area contributed by atoms with Gasteiger partial charge in [0.2, 0.25) is 0 Å². The highest BCUT2D eigenvalue weighted by Gasteiger charge is 2.38. The summed E-state index contributed by atoms with van der Waals surface area (Å²) < 4.78 is 11.2. The molecule has 0 aliphatic carbocycles. The maximum Gasteiger partial charge on any atom is 0.139 e. The zero-order chi connectivity index (χ0) is 13.1. The van der Waals surface area contributed by atoms with Gasteiger partial charge >= 0.3 is 0 Å². The molecule has 2 aliphatic heterocycles. The number of ether oxygens (including phenoxy) is 2. The molecule has 0 aromatic heterocycles. The molecule has 0 spiro atoms. The Morgan fingerprint density at radius 2 is 2.26 bits per heavy atom. The van der Waals surface area contributed by atoms with Crippen LogP contribution in [0.2, 0.25) is 0 Å². The third-order valence-corrected chi connectivity index (χ3v) is 3.93. The van der Waals surface area contributed by atoms with Gasteiger partial charge in [0.25, 0.3) is 0 Å². The molecule has 0 bridgehead atoms. The Balaban J connectivity index is 1.81. The number of benzene rings is 1. The number of nitrogens with zero attached hydrogens (tertiary/aromatic N) is 1. The summed E-state index contributed by atoms with van der Waals surface area (Å²) in [6, 6.07) is 10.2. The van der Waals surface area contributed by atoms with E-state index in [1.807, 2.05) is 24.3 Å². The minimum atomic E-state index is -0.638. The number of fused-ring (bicyclic) bond motifs is 1. The van der Waals surface area contributed by atoms with E-state index in [2.05, 4.69) is 11.4 Å². The van der Waals surface area contributed by atoms with Crippen molar-refractivity contribution in [2.24, 2.45) is 0 Å². The first kappa shape index (κ1) is 12.5. The third kappa shape index (κ3) is 2.32. The standard InChI is InChI=1S/C15H18N2O2/c16-11-15(17-10-12-4-3-8-18-12)7-9-19-14-6-2-1-5-13(14)15/h1-2,5-6,12,17H,3-4,7-10H2. The molecule has 2 unspecified atom stereocenters. The van der Waals surface area contributed by atoms with Crippen molar-refractivity contribution in [3.63, 3.8) is 0 Å². The van der Waals surface area contributed by atoms with E-state index in [4.69, 9.17) is 9.47 Å². The van der Waals surface area contributed by atoms with Gasteiger partial charge in [-0.2, -0.15) is 5.26 Å². The Morgan fingerprint density at radius 1 is 1.37 bits per heavy atom. The van der Waals surface area contributed by atoms with Gasteiger partial charge in [-0.1, -0.05) is 18.2 Å². The van der Waals surface area contributed by atoms with Crippen molar-refractivity contribution < 1.29 is 9.47 Å². The molecule has 100 valence electrons. The fourth-order valence-corrected chi connectivity index (χ4v) is 2.83. The van der Waals surface area contributed by atoms with Crippen molar-refractivity contribution in [1.82, 2.24) is 5.32 Å². The lowest BCUT2D eigenvalue weighted by Crippen LogP contribution is -2.47. The van der Waals surface area contributed by atoms with Gasteiger partial charge in [0.15, 0.2) is 0 Å². The van der Waals surface area contributed by atoms with E-state index in [9.17, 15) is 5.26 Å². The van der Waals surface area contributed by atoms with Gasteiger partial charge in [-0.25, -0.2) is 0 Å². The van der Waals surface area contributed by atoms with Crippen molar-refractivity contribution in [2.75, 3.05) is 19.8 Å². The zero-order valence-corrected chi connectivity index (χ0v) is 10.9. The molecule has 0 amide bonds. The van der Waals surface area contributed by atoms with Crippen LogP contribution in [0.1, 0.15) is 24.8 Å². The fourth-order valence-electron chi connectivity index (χ4n) is 2.83. The van der Waals surface area contributed by atoms with E-state index in [0.29, 0.717) is 13.0 Å². The molecule has 4 heteroatoms. The third-order valence-electron chi connectivity index (χ3n) is 3.93. The second-order valence-electron chi connectivity index (χ2n) is 5.13. The summed E-state index contributed by atoms with van der Waals surface area (Å²) in [6.45, 7) is 2.14. The molecule has 1 fully saturated rings. The fraction of sp³-hybridized carbons (Fsp3) is 0.533. The van der Waals surface area contributed by atoms with Gasteiger partial charge in [0.05, 0.1) is 18.8 Å². The summed E-state index contributed by atoms with van der Waals surface area (Å²) >= 11 is 0. The van der Waals surface area contributed by atoms with Crippen molar-refractivity contribution in [1.29, 1.82) is 5.26 Å². The molecule has 1 aromatic rings. The quantitative estimate of drug-likeness (QED) is 0.900. The summed E-state index contributed by atoms with van der Waals surface area (Å²) in [6.07, 6.45) is 3.10. The Morgan fingerprint density at radius 3 is 3.05 bits per heavy atom. The zero-order valence-electron chi connectivity index (χ0n) is 10.9. The maximum absolute atomic E-state index is 9.65. The van der Waals surface area contributed by atoms with E-state index >= 15 is 0 Å². The van der Waals surface area contributed by atoms with Crippen LogP contribution in [0.15, 0.2) is 24.3 Å². The van der Waals surface area contributed by atoms with Crippen LogP contribution in [0.3, 0.4) is 0 Å². The van der Waals surface area contributed by atoms with Gasteiger partial charge in [0, 0.05) is 25.1 Å². The highest BCUT2D eigenvalue weighted by molar-refractivity contribution is 5.44. The number of rotatable bonds is 3. The predicted molar refractivity (Wildman–Crippen MR) is 70.8 cm³/mol. The van der Waals surface area contributed by atoms with Crippen LogP contribution >= 0.6 is 0 Å². The van der Waals surface area contributed by atoms with E-state index in [1.165, 1.54) is 0 Å². The normalized spacial score (nSPS) is 29.3. The van der Waals surface area contributed by atoms with E-state index in [1.54, 1.807) is 0 Å². The summed E-state index contributed by atoms with van der Waals surface area (Å²) in [4.78, 5) is 0. The molecule has 2 aliphatic rings. The highest BCUT2D eigenvalue weighted by atomic mass is 16.5. The second kappa shape index (κ2) is 5.20. The predicted octanol–water partition coefficient (Wildman–Crippen LogP) is 1.96. The lowest BCUT2D eigenvalue weighted by Gasteiger charge is -2.34. The lowest BCUT2D eigenvalue weighted by molar-refractivity contribution is 0.0995. The van der Waals surface area contributed by atoms with Crippen LogP contribution in [0.4, 0.5) is 0 Å². The van der Waals surface area contributed by atoms with Crippen molar-refractivity contribution >= 4 is 0 Å². The molecule has 1 aromatic carbocycles. The Kier molecular flexibility index (Phi) is 3.41. The molecule has 2 atom stereocenters. The molecule has 3 rings (SSSR count). The van der Waals surface area contributed by atoms with Gasteiger partial charge in [-0.3, -0.25) is 5.32 Å². The van der Waals surface area contributed by atoms with Gasteiger partial charge in [-0.15, -0.1) is 0 Å². The summed E-state index contributed by atoms with van der Waals surface area (Å²) in [5, 5.41) is 13.1. The van der Waals surface area contributed by atoms with Crippen LogP contribution in [-0.2, 0) is 10.3 Å². The minimum Gasteiger partial charge on any atom is -0.493 e. The van der Waals surface area contributed by atoms with Crippen LogP contribution in [0.25, 0.3) is 0 Å². The first-order valence-electron chi connectivity index (χ1n) is 6.84.